The van der Waals surface area contributed by atoms with Crippen molar-refractivity contribution in [3.05, 3.63) is 24.0 Å². The summed E-state index contributed by atoms with van der Waals surface area (Å²) in [5.41, 5.74) is 2.13. The molecule has 1 saturated heterocycles. The summed E-state index contributed by atoms with van der Waals surface area (Å²) in [7, 11) is 0. The maximum Gasteiger partial charge on any atom is 0.0648 e. The summed E-state index contributed by atoms with van der Waals surface area (Å²) >= 11 is 5.76. The number of nitrogens with zero attached hydrogens (tertiary/aromatic N) is 2. The number of halogens is 1. The molecule has 0 atom stereocenters. The van der Waals surface area contributed by atoms with Gasteiger partial charge in [-0.15, -0.1) is 11.6 Å². The van der Waals surface area contributed by atoms with E-state index in [1.807, 2.05) is 12.3 Å². The lowest BCUT2D eigenvalue weighted by Crippen LogP contribution is -2.25. The van der Waals surface area contributed by atoms with Crippen molar-refractivity contribution in [2.24, 2.45) is 0 Å². The molecule has 4 heteroatoms. The van der Waals surface area contributed by atoms with E-state index in [9.17, 15) is 0 Å². The van der Waals surface area contributed by atoms with Gasteiger partial charge in [-0.3, -0.25) is 4.98 Å². The largest absolute Gasteiger partial charge is 0.380 e. The van der Waals surface area contributed by atoms with E-state index in [0.717, 1.165) is 38.4 Å². The Morgan fingerprint density at radius 3 is 3.20 bits per heavy atom. The Bertz CT molecular complexity index is 311. The quantitative estimate of drug-likeness (QED) is 0.722. The van der Waals surface area contributed by atoms with E-state index in [1.54, 1.807) is 0 Å². The fraction of sp³-hybridized carbons (Fsp3) is 0.545. The van der Waals surface area contributed by atoms with Crippen LogP contribution in [0, 0.1) is 0 Å². The lowest BCUT2D eigenvalue weighted by Gasteiger charge is -2.21. The predicted molar refractivity (Wildman–Crippen MR) is 61.4 cm³/mol. The van der Waals surface area contributed by atoms with Crippen molar-refractivity contribution in [2.45, 2.75) is 12.3 Å². The Morgan fingerprint density at radius 2 is 2.33 bits per heavy atom. The Hall–Kier alpha value is -0.800. The van der Waals surface area contributed by atoms with Crippen LogP contribution in [0.1, 0.15) is 12.1 Å². The van der Waals surface area contributed by atoms with E-state index >= 15 is 0 Å². The second-order valence-corrected chi connectivity index (χ2v) is 3.86. The van der Waals surface area contributed by atoms with Gasteiger partial charge < -0.3 is 9.64 Å². The molecule has 1 fully saturated rings. The maximum atomic E-state index is 5.76. The zero-order valence-electron chi connectivity index (χ0n) is 8.66. The third kappa shape index (κ3) is 2.83. The van der Waals surface area contributed by atoms with Gasteiger partial charge in [-0.2, -0.15) is 0 Å². The Balaban J connectivity index is 2.12. The summed E-state index contributed by atoms with van der Waals surface area (Å²) in [4.78, 5) is 6.51. The zero-order chi connectivity index (χ0) is 10.5. The normalized spacial score (nSPS) is 17.5. The molecular formula is C11H15ClN2O. The van der Waals surface area contributed by atoms with Crippen molar-refractivity contribution in [1.82, 2.24) is 4.98 Å². The minimum atomic E-state index is 0.470. The molecule has 1 aliphatic rings. The number of ether oxygens (including phenoxy) is 1. The number of hydrogen-bond acceptors (Lipinski definition) is 3. The molecular weight excluding hydrogens is 212 g/mol. The first-order chi connectivity index (χ1) is 7.40. The molecule has 0 aromatic carbocycles. The van der Waals surface area contributed by atoms with Crippen molar-refractivity contribution in [2.75, 3.05) is 31.2 Å². The van der Waals surface area contributed by atoms with Crippen molar-refractivity contribution >= 4 is 17.3 Å². The van der Waals surface area contributed by atoms with Gasteiger partial charge in [-0.05, 0) is 18.6 Å². The van der Waals surface area contributed by atoms with Gasteiger partial charge in [0.05, 0.1) is 18.2 Å². The maximum absolute atomic E-state index is 5.76. The number of rotatable bonds is 2. The average Bonchev–Trinajstić information content (AvgIpc) is 2.58. The molecule has 0 radical (unpaired) electrons. The summed E-state index contributed by atoms with van der Waals surface area (Å²) in [6.07, 6.45) is 2.90. The summed E-state index contributed by atoms with van der Waals surface area (Å²) in [5.74, 6) is 0.470. The van der Waals surface area contributed by atoms with Crippen LogP contribution in [0.25, 0.3) is 0 Å². The van der Waals surface area contributed by atoms with E-state index in [-0.39, 0.29) is 0 Å². The van der Waals surface area contributed by atoms with Crippen LogP contribution < -0.4 is 4.90 Å². The van der Waals surface area contributed by atoms with E-state index in [2.05, 4.69) is 16.0 Å². The molecule has 2 heterocycles. The highest BCUT2D eigenvalue weighted by molar-refractivity contribution is 6.16. The molecule has 15 heavy (non-hydrogen) atoms. The van der Waals surface area contributed by atoms with E-state index in [0.29, 0.717) is 5.88 Å². The first-order valence-electron chi connectivity index (χ1n) is 5.24. The van der Waals surface area contributed by atoms with Gasteiger partial charge in [0.15, 0.2) is 0 Å². The molecule has 1 aromatic rings. The standard InChI is InChI=1S/C11H15ClN2O/c12-9-10-8-11(2-3-13-10)14-4-1-6-15-7-5-14/h2-3,8H,1,4-7,9H2. The zero-order valence-corrected chi connectivity index (χ0v) is 9.41. The van der Waals surface area contributed by atoms with Crippen molar-refractivity contribution in [1.29, 1.82) is 0 Å². The molecule has 0 spiro atoms. The number of hydrogen-bond donors (Lipinski definition) is 0. The van der Waals surface area contributed by atoms with Crippen LogP contribution in [-0.2, 0) is 10.6 Å². The van der Waals surface area contributed by atoms with Gasteiger partial charge in [0, 0.05) is 31.6 Å². The lowest BCUT2D eigenvalue weighted by molar-refractivity contribution is 0.152. The Morgan fingerprint density at radius 1 is 1.40 bits per heavy atom. The Kier molecular flexibility index (Phi) is 3.80. The number of alkyl halides is 1. The highest BCUT2D eigenvalue weighted by atomic mass is 35.5. The predicted octanol–water partition coefficient (Wildman–Crippen LogP) is 2.05. The van der Waals surface area contributed by atoms with Crippen molar-refractivity contribution in [3.8, 4) is 0 Å². The molecule has 0 aliphatic carbocycles. The minimum absolute atomic E-state index is 0.470. The van der Waals surface area contributed by atoms with Crippen molar-refractivity contribution in [3.63, 3.8) is 0 Å². The molecule has 0 amide bonds. The smallest absolute Gasteiger partial charge is 0.0648 e. The van der Waals surface area contributed by atoms with Crippen LogP contribution in [0.5, 0.6) is 0 Å². The van der Waals surface area contributed by atoms with Gasteiger partial charge in [0.2, 0.25) is 0 Å². The Labute approximate surface area is 95.0 Å². The number of pyridine rings is 1. The van der Waals surface area contributed by atoms with Gasteiger partial charge in [-0.1, -0.05) is 0 Å². The SMILES string of the molecule is ClCc1cc(N2CCCOCC2)ccn1. The first kappa shape index (κ1) is 10.7. The van der Waals surface area contributed by atoms with Crippen molar-refractivity contribution < 1.29 is 4.74 Å². The highest BCUT2D eigenvalue weighted by Crippen LogP contribution is 2.16. The van der Waals surface area contributed by atoms with E-state index < -0.39 is 0 Å². The van der Waals surface area contributed by atoms with Crippen LogP contribution >= 0.6 is 11.6 Å². The first-order valence-corrected chi connectivity index (χ1v) is 5.77. The molecule has 1 aromatic heterocycles. The van der Waals surface area contributed by atoms with Gasteiger partial charge in [0.25, 0.3) is 0 Å². The summed E-state index contributed by atoms with van der Waals surface area (Å²) < 4.78 is 5.42. The monoisotopic (exact) mass is 226 g/mol. The molecule has 1 aliphatic heterocycles. The second kappa shape index (κ2) is 5.33. The topological polar surface area (TPSA) is 25.4 Å². The fourth-order valence-electron chi connectivity index (χ4n) is 1.74. The lowest BCUT2D eigenvalue weighted by atomic mass is 10.3. The van der Waals surface area contributed by atoms with Crippen LogP contribution in [0.15, 0.2) is 18.3 Å². The third-order valence-corrected chi connectivity index (χ3v) is 2.80. The molecule has 0 saturated carbocycles. The summed E-state index contributed by atoms with van der Waals surface area (Å²) in [6.45, 7) is 3.67. The van der Waals surface area contributed by atoms with Gasteiger partial charge >= 0.3 is 0 Å². The summed E-state index contributed by atoms with van der Waals surface area (Å²) in [5, 5.41) is 0. The van der Waals surface area contributed by atoms with E-state index in [1.165, 1.54) is 5.69 Å². The summed E-state index contributed by atoms with van der Waals surface area (Å²) in [6, 6.07) is 4.08. The van der Waals surface area contributed by atoms with E-state index in [4.69, 9.17) is 16.3 Å². The molecule has 2 rings (SSSR count). The molecule has 82 valence electrons. The van der Waals surface area contributed by atoms with Crippen LogP contribution in [-0.4, -0.2) is 31.3 Å². The van der Waals surface area contributed by atoms with Crippen LogP contribution in [0.3, 0.4) is 0 Å². The number of aromatic nitrogens is 1. The highest BCUT2D eigenvalue weighted by Gasteiger charge is 2.10. The number of anilines is 1. The fourth-order valence-corrected chi connectivity index (χ4v) is 1.89. The van der Waals surface area contributed by atoms with Crippen LogP contribution in [0.2, 0.25) is 0 Å². The third-order valence-electron chi connectivity index (χ3n) is 2.52. The molecule has 0 unspecified atom stereocenters. The molecule has 0 bridgehead atoms. The average molecular weight is 227 g/mol. The van der Waals surface area contributed by atoms with Gasteiger partial charge in [-0.25, -0.2) is 0 Å². The minimum Gasteiger partial charge on any atom is -0.380 e. The molecule has 3 nitrogen and oxygen atoms in total. The van der Waals surface area contributed by atoms with Crippen LogP contribution in [0.4, 0.5) is 5.69 Å². The molecule has 0 N–H and O–H groups in total. The van der Waals surface area contributed by atoms with Gasteiger partial charge in [0.1, 0.15) is 0 Å². The second-order valence-electron chi connectivity index (χ2n) is 3.59.